The first-order valence-electron chi connectivity index (χ1n) is 8.86. The number of ether oxygens (including phenoxy) is 1. The van der Waals surface area contributed by atoms with Crippen LogP contribution in [0.4, 0.5) is 4.39 Å². The highest BCUT2D eigenvalue weighted by molar-refractivity contribution is 5.97. The topological polar surface area (TPSA) is 41.6 Å². The van der Waals surface area contributed by atoms with E-state index in [-0.39, 0.29) is 17.8 Å². The van der Waals surface area contributed by atoms with Crippen molar-refractivity contribution in [1.82, 2.24) is 10.2 Å². The zero-order valence-corrected chi connectivity index (χ0v) is 14.6. The van der Waals surface area contributed by atoms with Gasteiger partial charge >= 0.3 is 0 Å². The van der Waals surface area contributed by atoms with Gasteiger partial charge in [0.05, 0.1) is 5.56 Å². The minimum Gasteiger partial charge on any atom is -0.486 e. The largest absolute Gasteiger partial charge is 0.486 e. The lowest BCUT2D eigenvalue weighted by Gasteiger charge is -2.36. The summed E-state index contributed by atoms with van der Waals surface area (Å²) < 4.78 is 19.9. The van der Waals surface area contributed by atoms with Gasteiger partial charge in [-0.2, -0.15) is 0 Å². The molecule has 4 nitrogen and oxygen atoms in total. The van der Waals surface area contributed by atoms with E-state index < -0.39 is 5.60 Å². The van der Waals surface area contributed by atoms with Crippen LogP contribution in [0.15, 0.2) is 12.1 Å². The summed E-state index contributed by atoms with van der Waals surface area (Å²) in [5.74, 6) is -0.0316. The van der Waals surface area contributed by atoms with Gasteiger partial charge in [-0.3, -0.25) is 4.79 Å². The molecule has 2 atom stereocenters. The molecule has 3 aliphatic heterocycles. The van der Waals surface area contributed by atoms with E-state index in [9.17, 15) is 9.18 Å². The summed E-state index contributed by atoms with van der Waals surface area (Å²) in [7, 11) is 2.18. The number of nitrogens with one attached hydrogen (secondary N) is 1. The van der Waals surface area contributed by atoms with Crippen LogP contribution in [0, 0.1) is 5.82 Å². The van der Waals surface area contributed by atoms with Crippen molar-refractivity contribution in [1.29, 1.82) is 0 Å². The van der Waals surface area contributed by atoms with E-state index in [0.29, 0.717) is 29.8 Å². The molecule has 3 heterocycles. The zero-order chi connectivity index (χ0) is 17.1. The van der Waals surface area contributed by atoms with E-state index in [1.165, 1.54) is 25.0 Å². The monoisotopic (exact) mass is 332 g/mol. The Hall–Kier alpha value is -1.62. The molecule has 1 aromatic rings. The predicted molar refractivity (Wildman–Crippen MR) is 89.9 cm³/mol. The molecule has 1 N–H and O–H groups in total. The Bertz CT molecular complexity index is 674. The third kappa shape index (κ3) is 2.69. The highest BCUT2D eigenvalue weighted by Gasteiger charge is 2.40. The van der Waals surface area contributed by atoms with Gasteiger partial charge in [0.25, 0.3) is 5.91 Å². The Morgan fingerprint density at radius 2 is 1.96 bits per heavy atom. The first-order chi connectivity index (χ1) is 11.3. The quantitative estimate of drug-likeness (QED) is 0.905. The number of hydrogen-bond donors (Lipinski definition) is 1. The van der Waals surface area contributed by atoms with E-state index >= 15 is 0 Å². The number of rotatable bonds is 2. The molecule has 4 rings (SSSR count). The third-order valence-corrected chi connectivity index (χ3v) is 5.80. The molecule has 0 radical (unpaired) electrons. The van der Waals surface area contributed by atoms with Gasteiger partial charge in [0, 0.05) is 30.1 Å². The van der Waals surface area contributed by atoms with Gasteiger partial charge in [0.1, 0.15) is 17.2 Å². The van der Waals surface area contributed by atoms with Crippen molar-refractivity contribution in [2.45, 2.75) is 69.7 Å². The fourth-order valence-electron chi connectivity index (χ4n) is 4.63. The molecule has 0 aromatic heterocycles. The molecule has 1 aromatic carbocycles. The first kappa shape index (κ1) is 15.9. The van der Waals surface area contributed by atoms with Gasteiger partial charge in [-0.15, -0.1) is 0 Å². The fourth-order valence-corrected chi connectivity index (χ4v) is 4.63. The lowest BCUT2D eigenvalue weighted by Crippen LogP contribution is -2.48. The van der Waals surface area contributed by atoms with Crippen LogP contribution in [-0.2, 0) is 6.42 Å². The van der Waals surface area contributed by atoms with Crippen molar-refractivity contribution in [2.24, 2.45) is 0 Å². The molecule has 2 fully saturated rings. The minimum atomic E-state index is -0.391. The van der Waals surface area contributed by atoms with Crippen LogP contribution in [0.1, 0.15) is 55.5 Å². The van der Waals surface area contributed by atoms with Gasteiger partial charge in [0.15, 0.2) is 0 Å². The lowest BCUT2D eigenvalue weighted by molar-refractivity contribution is 0.0870. The lowest BCUT2D eigenvalue weighted by atomic mass is 9.97. The number of carbonyl (C=O) groups excluding carboxylic acids is 1. The average molecular weight is 332 g/mol. The highest BCUT2D eigenvalue weighted by Crippen LogP contribution is 2.39. The maximum Gasteiger partial charge on any atom is 0.255 e. The van der Waals surface area contributed by atoms with Crippen molar-refractivity contribution < 1.29 is 13.9 Å². The smallest absolute Gasteiger partial charge is 0.255 e. The van der Waals surface area contributed by atoms with Gasteiger partial charge in [-0.1, -0.05) is 0 Å². The van der Waals surface area contributed by atoms with Crippen LogP contribution < -0.4 is 10.1 Å². The Kier molecular flexibility index (Phi) is 3.60. The van der Waals surface area contributed by atoms with Crippen LogP contribution >= 0.6 is 0 Å². The molecule has 2 unspecified atom stereocenters. The van der Waals surface area contributed by atoms with Crippen molar-refractivity contribution >= 4 is 5.91 Å². The average Bonchev–Trinajstić information content (AvgIpc) is 2.88. The van der Waals surface area contributed by atoms with Crippen molar-refractivity contribution in [3.8, 4) is 5.75 Å². The van der Waals surface area contributed by atoms with Crippen molar-refractivity contribution in [3.05, 3.63) is 29.1 Å². The molecule has 0 spiro atoms. The number of benzene rings is 1. The Balaban J connectivity index is 1.54. The molecule has 0 aliphatic carbocycles. The van der Waals surface area contributed by atoms with Crippen LogP contribution in [0.2, 0.25) is 0 Å². The van der Waals surface area contributed by atoms with E-state index in [0.717, 1.165) is 18.4 Å². The molecule has 24 heavy (non-hydrogen) atoms. The normalized spacial score (nSPS) is 30.8. The number of piperidine rings is 1. The zero-order valence-electron chi connectivity index (χ0n) is 14.6. The Labute approximate surface area is 142 Å². The summed E-state index contributed by atoms with van der Waals surface area (Å²) in [6.45, 7) is 3.92. The Morgan fingerprint density at radius 1 is 1.29 bits per heavy atom. The standard InChI is InChI=1S/C19H25FN2O2/c1-19(2)10-11-6-12(20)7-16(17(11)24-19)18(23)21-13-8-14-4-5-15(9-13)22(14)3/h6-7,13-15H,4-5,8-10H2,1-3H3,(H,21,23). The maximum absolute atomic E-state index is 14.0. The second kappa shape index (κ2) is 5.45. The van der Waals surface area contributed by atoms with Crippen LogP contribution in [0.5, 0.6) is 5.75 Å². The SMILES string of the molecule is CN1C2CCC1CC(NC(=O)c1cc(F)cc3c1OC(C)(C)C3)C2. The van der Waals surface area contributed by atoms with Crippen molar-refractivity contribution in [3.63, 3.8) is 0 Å². The molecule has 2 saturated heterocycles. The second-order valence-corrected chi connectivity index (χ2v) is 8.17. The van der Waals surface area contributed by atoms with Gasteiger partial charge < -0.3 is 15.0 Å². The molecular formula is C19H25FN2O2. The molecule has 5 heteroatoms. The maximum atomic E-state index is 14.0. The Morgan fingerprint density at radius 3 is 2.62 bits per heavy atom. The van der Waals surface area contributed by atoms with Crippen LogP contribution in [0.25, 0.3) is 0 Å². The molecule has 0 saturated carbocycles. The third-order valence-electron chi connectivity index (χ3n) is 5.80. The summed E-state index contributed by atoms with van der Waals surface area (Å²) in [5, 5.41) is 3.13. The summed E-state index contributed by atoms with van der Waals surface area (Å²) in [5.41, 5.74) is 0.730. The fraction of sp³-hybridized carbons (Fsp3) is 0.632. The summed E-state index contributed by atoms with van der Waals surface area (Å²) in [4.78, 5) is 15.2. The predicted octanol–water partition coefficient (Wildman–Crippen LogP) is 2.89. The molecular weight excluding hydrogens is 307 g/mol. The number of nitrogens with zero attached hydrogens (tertiary/aromatic N) is 1. The number of halogens is 1. The van der Waals surface area contributed by atoms with Gasteiger partial charge in [-0.25, -0.2) is 4.39 Å². The van der Waals surface area contributed by atoms with Gasteiger partial charge in [-0.05, 0) is 58.7 Å². The molecule has 2 bridgehead atoms. The number of carbonyl (C=O) groups is 1. The van der Waals surface area contributed by atoms with E-state index in [1.54, 1.807) is 0 Å². The summed E-state index contributed by atoms with van der Waals surface area (Å²) >= 11 is 0. The molecule has 130 valence electrons. The second-order valence-electron chi connectivity index (χ2n) is 8.17. The first-order valence-corrected chi connectivity index (χ1v) is 8.86. The summed E-state index contributed by atoms with van der Waals surface area (Å²) in [6.07, 6.45) is 4.99. The van der Waals surface area contributed by atoms with Crippen LogP contribution in [-0.4, -0.2) is 41.6 Å². The summed E-state index contributed by atoms with van der Waals surface area (Å²) in [6, 6.07) is 4.07. The van der Waals surface area contributed by atoms with Gasteiger partial charge in [0.2, 0.25) is 0 Å². The van der Waals surface area contributed by atoms with E-state index in [2.05, 4.69) is 17.3 Å². The number of hydrogen-bond acceptors (Lipinski definition) is 3. The highest BCUT2D eigenvalue weighted by atomic mass is 19.1. The molecule has 1 amide bonds. The minimum absolute atomic E-state index is 0.166. The number of amides is 1. The number of fused-ring (bicyclic) bond motifs is 3. The van der Waals surface area contributed by atoms with Crippen molar-refractivity contribution in [2.75, 3.05) is 7.05 Å². The van der Waals surface area contributed by atoms with E-state index in [4.69, 9.17) is 4.74 Å². The van der Waals surface area contributed by atoms with E-state index in [1.807, 2.05) is 13.8 Å². The molecule has 3 aliphatic rings. The van der Waals surface area contributed by atoms with Crippen LogP contribution in [0.3, 0.4) is 0 Å².